The first kappa shape index (κ1) is 14.4. The van der Waals surface area contributed by atoms with Gasteiger partial charge in [0.15, 0.2) is 0 Å². The summed E-state index contributed by atoms with van der Waals surface area (Å²) >= 11 is 0. The lowest BCUT2D eigenvalue weighted by atomic mass is 10.1. The molecule has 0 aliphatic rings. The van der Waals surface area contributed by atoms with Crippen LogP contribution in [0.25, 0.3) is 0 Å². The first-order valence-electron chi connectivity index (χ1n) is 5.50. The van der Waals surface area contributed by atoms with Gasteiger partial charge in [-0.25, -0.2) is 0 Å². The van der Waals surface area contributed by atoms with Crippen LogP contribution < -0.4 is 5.32 Å². The third kappa shape index (κ3) is 8.39. The van der Waals surface area contributed by atoms with Crippen LogP contribution >= 0.6 is 0 Å². The average Bonchev–Trinajstić information content (AvgIpc) is 2.15. The Morgan fingerprint density at radius 2 is 2.00 bits per heavy atom. The van der Waals surface area contributed by atoms with E-state index < -0.39 is 0 Å². The number of hydrogen-bond donors (Lipinski definition) is 1. The van der Waals surface area contributed by atoms with Crippen molar-refractivity contribution in [2.45, 2.75) is 39.7 Å². The minimum absolute atomic E-state index is 0.0868. The number of carbonyl (C=O) groups is 1. The molecule has 0 aromatic rings. The van der Waals surface area contributed by atoms with Gasteiger partial charge in [0.2, 0.25) is 5.91 Å². The molecule has 15 heavy (non-hydrogen) atoms. The van der Waals surface area contributed by atoms with E-state index in [2.05, 4.69) is 5.32 Å². The second kappa shape index (κ2) is 7.65. The van der Waals surface area contributed by atoms with E-state index in [0.29, 0.717) is 19.8 Å². The molecule has 0 aliphatic carbocycles. The Kier molecular flexibility index (Phi) is 7.34. The number of amides is 1. The Bertz CT molecular complexity index is 181. The van der Waals surface area contributed by atoms with Crippen LogP contribution in [0.15, 0.2) is 0 Å². The summed E-state index contributed by atoms with van der Waals surface area (Å²) in [6, 6.07) is 0. The normalized spacial score (nSPS) is 11.5. The fraction of sp³-hybridized carbons (Fsp3) is 0.909. The minimum atomic E-state index is -0.310. The molecule has 0 saturated heterocycles. The van der Waals surface area contributed by atoms with Gasteiger partial charge in [-0.05, 0) is 27.2 Å². The van der Waals surface area contributed by atoms with E-state index >= 15 is 0 Å². The number of rotatable bonds is 8. The topological polar surface area (TPSA) is 47.6 Å². The summed E-state index contributed by atoms with van der Waals surface area (Å²) in [5.74, 6) is -0.0868. The fourth-order valence-corrected chi connectivity index (χ4v) is 1.11. The highest BCUT2D eigenvalue weighted by molar-refractivity contribution is 5.77. The monoisotopic (exact) mass is 217 g/mol. The molecule has 4 nitrogen and oxygen atoms in total. The van der Waals surface area contributed by atoms with Crippen molar-refractivity contribution in [2.24, 2.45) is 0 Å². The molecule has 1 N–H and O–H groups in total. The summed E-state index contributed by atoms with van der Waals surface area (Å²) in [4.78, 5) is 11.3. The van der Waals surface area contributed by atoms with Gasteiger partial charge >= 0.3 is 0 Å². The van der Waals surface area contributed by atoms with Gasteiger partial charge < -0.3 is 14.8 Å². The zero-order chi connectivity index (χ0) is 11.7. The van der Waals surface area contributed by atoms with E-state index in [1.165, 1.54) is 0 Å². The number of carbonyl (C=O) groups excluding carboxylic acids is 1. The van der Waals surface area contributed by atoms with Crippen LogP contribution in [0.3, 0.4) is 0 Å². The van der Waals surface area contributed by atoms with E-state index in [4.69, 9.17) is 9.47 Å². The number of ether oxygens (including phenoxy) is 2. The molecule has 0 saturated carbocycles. The molecule has 0 atom stereocenters. The van der Waals surface area contributed by atoms with Gasteiger partial charge in [0.05, 0.1) is 5.60 Å². The molecule has 90 valence electrons. The molecule has 0 heterocycles. The van der Waals surface area contributed by atoms with E-state index in [1.807, 2.05) is 27.7 Å². The standard InChI is InChI=1S/C11H23NO3/c1-5-7-14-8-10(13)12-9-11(3,4)15-6-2/h5-9H2,1-4H3,(H,12,13). The molecule has 0 unspecified atom stereocenters. The largest absolute Gasteiger partial charge is 0.374 e. The lowest BCUT2D eigenvalue weighted by molar-refractivity contribution is -0.127. The van der Waals surface area contributed by atoms with Crippen LogP contribution in [-0.2, 0) is 14.3 Å². The molecule has 0 aromatic carbocycles. The predicted octanol–water partition coefficient (Wildman–Crippen LogP) is 1.34. The Labute approximate surface area is 92.3 Å². The summed E-state index contributed by atoms with van der Waals surface area (Å²) in [6.45, 7) is 9.76. The van der Waals surface area contributed by atoms with Crippen molar-refractivity contribution in [3.05, 3.63) is 0 Å². The predicted molar refractivity (Wildman–Crippen MR) is 59.8 cm³/mol. The van der Waals surface area contributed by atoms with Gasteiger partial charge in [0, 0.05) is 19.8 Å². The van der Waals surface area contributed by atoms with Crippen molar-refractivity contribution in [3.63, 3.8) is 0 Å². The van der Waals surface area contributed by atoms with Crippen molar-refractivity contribution >= 4 is 5.91 Å². The Morgan fingerprint density at radius 3 is 2.53 bits per heavy atom. The van der Waals surface area contributed by atoms with E-state index in [0.717, 1.165) is 6.42 Å². The molecular formula is C11H23NO3. The lowest BCUT2D eigenvalue weighted by Gasteiger charge is -2.24. The molecule has 0 rings (SSSR count). The third-order valence-corrected chi connectivity index (χ3v) is 1.83. The molecule has 0 aliphatic heterocycles. The maximum atomic E-state index is 11.3. The van der Waals surface area contributed by atoms with Crippen LogP contribution in [0.5, 0.6) is 0 Å². The highest BCUT2D eigenvalue weighted by atomic mass is 16.5. The molecular weight excluding hydrogens is 194 g/mol. The highest BCUT2D eigenvalue weighted by Crippen LogP contribution is 2.06. The maximum absolute atomic E-state index is 11.3. The molecule has 0 radical (unpaired) electrons. The first-order valence-corrected chi connectivity index (χ1v) is 5.50. The molecule has 0 spiro atoms. The van der Waals surface area contributed by atoms with Crippen molar-refractivity contribution in [1.82, 2.24) is 5.32 Å². The molecule has 0 bridgehead atoms. The van der Waals surface area contributed by atoms with Crippen molar-refractivity contribution in [3.8, 4) is 0 Å². The fourth-order valence-electron chi connectivity index (χ4n) is 1.11. The Balaban J connectivity index is 3.60. The second-order valence-corrected chi connectivity index (χ2v) is 4.02. The molecule has 0 fully saturated rings. The Hall–Kier alpha value is -0.610. The van der Waals surface area contributed by atoms with Crippen molar-refractivity contribution in [1.29, 1.82) is 0 Å². The summed E-state index contributed by atoms with van der Waals surface area (Å²) in [6.07, 6.45) is 0.928. The van der Waals surface area contributed by atoms with Crippen molar-refractivity contribution in [2.75, 3.05) is 26.4 Å². The lowest BCUT2D eigenvalue weighted by Crippen LogP contribution is -2.41. The molecule has 0 aromatic heterocycles. The number of nitrogens with one attached hydrogen (secondary N) is 1. The van der Waals surface area contributed by atoms with Crippen molar-refractivity contribution < 1.29 is 14.3 Å². The summed E-state index contributed by atoms with van der Waals surface area (Å²) < 4.78 is 10.6. The van der Waals surface area contributed by atoms with Gasteiger partial charge in [0.25, 0.3) is 0 Å². The summed E-state index contributed by atoms with van der Waals surface area (Å²) in [5, 5.41) is 2.78. The van der Waals surface area contributed by atoms with Gasteiger partial charge in [-0.15, -0.1) is 0 Å². The van der Waals surface area contributed by atoms with E-state index in [-0.39, 0.29) is 18.1 Å². The summed E-state index contributed by atoms with van der Waals surface area (Å²) in [7, 11) is 0. The third-order valence-electron chi connectivity index (χ3n) is 1.83. The van der Waals surface area contributed by atoms with E-state index in [9.17, 15) is 4.79 Å². The van der Waals surface area contributed by atoms with Gasteiger partial charge in [-0.1, -0.05) is 6.92 Å². The van der Waals surface area contributed by atoms with Crippen LogP contribution in [0, 0.1) is 0 Å². The van der Waals surface area contributed by atoms with Crippen LogP contribution in [0.4, 0.5) is 0 Å². The molecule has 1 amide bonds. The van der Waals surface area contributed by atoms with Gasteiger partial charge in [-0.2, -0.15) is 0 Å². The van der Waals surface area contributed by atoms with Crippen LogP contribution in [0.1, 0.15) is 34.1 Å². The highest BCUT2D eigenvalue weighted by Gasteiger charge is 2.18. The number of hydrogen-bond acceptors (Lipinski definition) is 3. The quantitative estimate of drug-likeness (QED) is 0.624. The van der Waals surface area contributed by atoms with Crippen LogP contribution in [-0.4, -0.2) is 37.9 Å². The SMILES string of the molecule is CCCOCC(=O)NCC(C)(C)OCC. The first-order chi connectivity index (χ1) is 7.02. The average molecular weight is 217 g/mol. The zero-order valence-corrected chi connectivity index (χ0v) is 10.3. The van der Waals surface area contributed by atoms with Gasteiger partial charge in [-0.3, -0.25) is 4.79 Å². The van der Waals surface area contributed by atoms with Crippen LogP contribution in [0.2, 0.25) is 0 Å². The Morgan fingerprint density at radius 1 is 1.33 bits per heavy atom. The second-order valence-electron chi connectivity index (χ2n) is 4.02. The zero-order valence-electron chi connectivity index (χ0n) is 10.3. The summed E-state index contributed by atoms with van der Waals surface area (Å²) in [5.41, 5.74) is -0.310. The minimum Gasteiger partial charge on any atom is -0.374 e. The molecule has 4 heteroatoms. The van der Waals surface area contributed by atoms with Gasteiger partial charge in [0.1, 0.15) is 6.61 Å². The maximum Gasteiger partial charge on any atom is 0.246 e. The smallest absolute Gasteiger partial charge is 0.246 e. The van der Waals surface area contributed by atoms with E-state index in [1.54, 1.807) is 0 Å².